The smallest absolute Gasteiger partial charge is 0.281 e. The van der Waals surface area contributed by atoms with Gasteiger partial charge in [0.05, 0.1) is 24.4 Å². The van der Waals surface area contributed by atoms with Gasteiger partial charge in [-0.25, -0.2) is 9.37 Å². The van der Waals surface area contributed by atoms with Crippen molar-refractivity contribution in [2.75, 3.05) is 10.8 Å². The molecule has 2 aromatic rings. The minimum atomic E-state index is -3.90. The average Bonchev–Trinajstić information content (AvgIpc) is 2.90. The van der Waals surface area contributed by atoms with Crippen LogP contribution in [0.2, 0.25) is 0 Å². The third kappa shape index (κ3) is 3.35. The first-order chi connectivity index (χ1) is 10.9. The molecule has 1 heterocycles. The number of nitrogens with zero attached hydrogens (tertiary/aromatic N) is 4. The standard InChI is InChI=1S/C15H17FN4O2S/c1-3-19-12(2)18-11-15(19)23(21,22)20(10-4-9-17)14-7-5-13(16)6-8-14/h5-8,11H,3-4,10H2,1-2H3. The first-order valence-corrected chi connectivity index (χ1v) is 8.53. The van der Waals surface area contributed by atoms with Gasteiger partial charge in [-0.2, -0.15) is 13.7 Å². The highest BCUT2D eigenvalue weighted by molar-refractivity contribution is 7.92. The third-order valence-electron chi connectivity index (χ3n) is 3.43. The van der Waals surface area contributed by atoms with E-state index in [2.05, 4.69) is 4.98 Å². The van der Waals surface area contributed by atoms with Crippen molar-refractivity contribution in [1.82, 2.24) is 9.55 Å². The van der Waals surface area contributed by atoms with E-state index in [1.807, 2.05) is 13.0 Å². The highest BCUT2D eigenvalue weighted by atomic mass is 32.2. The van der Waals surface area contributed by atoms with Crippen LogP contribution in [-0.4, -0.2) is 24.5 Å². The Morgan fingerprint density at radius 3 is 2.57 bits per heavy atom. The predicted octanol–water partition coefficient (Wildman–Crippen LogP) is 2.46. The van der Waals surface area contributed by atoms with E-state index in [9.17, 15) is 12.8 Å². The van der Waals surface area contributed by atoms with E-state index >= 15 is 0 Å². The minimum Gasteiger partial charge on any atom is -0.318 e. The van der Waals surface area contributed by atoms with Crippen LogP contribution >= 0.6 is 0 Å². The quantitative estimate of drug-likeness (QED) is 0.812. The van der Waals surface area contributed by atoms with Crippen molar-refractivity contribution in [3.05, 3.63) is 42.1 Å². The molecule has 8 heteroatoms. The Bertz CT molecular complexity index is 822. The Labute approximate surface area is 134 Å². The minimum absolute atomic E-state index is 0.0155. The van der Waals surface area contributed by atoms with Crippen molar-refractivity contribution in [2.45, 2.75) is 31.8 Å². The molecule has 0 fully saturated rings. The number of anilines is 1. The van der Waals surface area contributed by atoms with Crippen molar-refractivity contribution in [3.8, 4) is 6.07 Å². The molecule has 1 aromatic carbocycles. The zero-order chi connectivity index (χ0) is 17.0. The van der Waals surface area contributed by atoms with Gasteiger partial charge in [-0.3, -0.25) is 4.31 Å². The van der Waals surface area contributed by atoms with Crippen LogP contribution in [0.5, 0.6) is 0 Å². The van der Waals surface area contributed by atoms with Crippen LogP contribution in [-0.2, 0) is 16.6 Å². The Balaban J connectivity index is 2.53. The lowest BCUT2D eigenvalue weighted by atomic mass is 10.3. The molecule has 0 radical (unpaired) electrons. The van der Waals surface area contributed by atoms with Gasteiger partial charge in [0, 0.05) is 13.1 Å². The zero-order valence-electron chi connectivity index (χ0n) is 12.9. The predicted molar refractivity (Wildman–Crippen MR) is 83.8 cm³/mol. The highest BCUT2D eigenvalue weighted by Gasteiger charge is 2.28. The number of hydrogen-bond acceptors (Lipinski definition) is 4. The maximum atomic E-state index is 13.1. The number of hydrogen-bond donors (Lipinski definition) is 0. The third-order valence-corrected chi connectivity index (χ3v) is 5.26. The molecule has 0 N–H and O–H groups in total. The fraction of sp³-hybridized carbons (Fsp3) is 0.333. The molecule has 0 atom stereocenters. The lowest BCUT2D eigenvalue weighted by Gasteiger charge is -2.24. The molecule has 0 spiro atoms. The molecule has 0 aliphatic rings. The Morgan fingerprint density at radius 2 is 2.00 bits per heavy atom. The van der Waals surface area contributed by atoms with Gasteiger partial charge >= 0.3 is 0 Å². The van der Waals surface area contributed by atoms with Crippen molar-refractivity contribution in [1.29, 1.82) is 5.26 Å². The summed E-state index contributed by atoms with van der Waals surface area (Å²) in [5.74, 6) is 0.131. The summed E-state index contributed by atoms with van der Waals surface area (Å²) < 4.78 is 41.8. The Kier molecular flexibility index (Phi) is 5.01. The number of sulfonamides is 1. The van der Waals surface area contributed by atoms with Crippen molar-refractivity contribution in [2.24, 2.45) is 0 Å². The number of imidazole rings is 1. The van der Waals surface area contributed by atoms with E-state index in [-0.39, 0.29) is 18.0 Å². The van der Waals surface area contributed by atoms with Crippen LogP contribution in [0.25, 0.3) is 0 Å². The molecule has 0 aliphatic heterocycles. The van der Waals surface area contributed by atoms with E-state index in [4.69, 9.17) is 5.26 Å². The van der Waals surface area contributed by atoms with E-state index in [1.165, 1.54) is 30.5 Å². The second-order valence-electron chi connectivity index (χ2n) is 4.85. The van der Waals surface area contributed by atoms with Crippen LogP contribution in [0.15, 0.2) is 35.5 Å². The molecule has 2 rings (SSSR count). The average molecular weight is 336 g/mol. The summed E-state index contributed by atoms with van der Waals surface area (Å²) in [4.78, 5) is 4.06. The SMILES string of the molecule is CCn1c(S(=O)(=O)N(CCC#N)c2ccc(F)cc2)cnc1C. The molecular formula is C15H17FN4O2S. The molecule has 1 aromatic heterocycles. The monoisotopic (exact) mass is 336 g/mol. The summed E-state index contributed by atoms with van der Waals surface area (Å²) >= 11 is 0. The molecule has 0 aliphatic carbocycles. The van der Waals surface area contributed by atoms with Gasteiger partial charge in [0.2, 0.25) is 0 Å². The van der Waals surface area contributed by atoms with Crippen LogP contribution in [0.3, 0.4) is 0 Å². The van der Waals surface area contributed by atoms with Gasteiger partial charge in [0.1, 0.15) is 11.6 Å². The van der Waals surface area contributed by atoms with Gasteiger partial charge in [-0.1, -0.05) is 0 Å². The topological polar surface area (TPSA) is 79.0 Å². The fourth-order valence-electron chi connectivity index (χ4n) is 2.30. The zero-order valence-corrected chi connectivity index (χ0v) is 13.7. The number of benzene rings is 1. The number of aryl methyl sites for hydroxylation is 1. The molecule has 0 saturated carbocycles. The number of rotatable bonds is 6. The van der Waals surface area contributed by atoms with Gasteiger partial charge < -0.3 is 4.57 Å². The van der Waals surface area contributed by atoms with Crippen molar-refractivity contribution in [3.63, 3.8) is 0 Å². The highest BCUT2D eigenvalue weighted by Crippen LogP contribution is 2.25. The summed E-state index contributed by atoms with van der Waals surface area (Å²) in [6, 6.07) is 7.07. The van der Waals surface area contributed by atoms with Gasteiger partial charge in [-0.05, 0) is 38.1 Å². The molecule has 0 saturated heterocycles. The van der Waals surface area contributed by atoms with Gasteiger partial charge in [-0.15, -0.1) is 0 Å². The first-order valence-electron chi connectivity index (χ1n) is 7.09. The molecule has 6 nitrogen and oxygen atoms in total. The van der Waals surface area contributed by atoms with Crippen LogP contribution < -0.4 is 4.31 Å². The fourth-order valence-corrected chi connectivity index (χ4v) is 3.98. The molecule has 122 valence electrons. The summed E-state index contributed by atoms with van der Waals surface area (Å²) in [7, 11) is -3.90. The van der Waals surface area contributed by atoms with Crippen LogP contribution in [0.4, 0.5) is 10.1 Å². The second kappa shape index (κ2) is 6.79. The lowest BCUT2D eigenvalue weighted by molar-refractivity contribution is 0.570. The van der Waals surface area contributed by atoms with Gasteiger partial charge in [0.15, 0.2) is 5.03 Å². The number of aromatic nitrogens is 2. The maximum Gasteiger partial charge on any atom is 0.281 e. The van der Waals surface area contributed by atoms with Crippen molar-refractivity contribution >= 4 is 15.7 Å². The number of nitriles is 1. The van der Waals surface area contributed by atoms with E-state index in [1.54, 1.807) is 11.5 Å². The van der Waals surface area contributed by atoms with E-state index in [0.29, 0.717) is 18.1 Å². The summed E-state index contributed by atoms with van der Waals surface area (Å²) in [5.41, 5.74) is 0.308. The first kappa shape index (κ1) is 17.0. The molecule has 0 bridgehead atoms. The van der Waals surface area contributed by atoms with Crippen LogP contribution in [0.1, 0.15) is 19.2 Å². The second-order valence-corrected chi connectivity index (χ2v) is 6.66. The Morgan fingerprint density at radius 1 is 1.35 bits per heavy atom. The van der Waals surface area contributed by atoms with Gasteiger partial charge in [0.25, 0.3) is 10.0 Å². The largest absolute Gasteiger partial charge is 0.318 e. The van der Waals surface area contributed by atoms with E-state index in [0.717, 1.165) is 4.31 Å². The molecule has 0 unspecified atom stereocenters. The van der Waals surface area contributed by atoms with Crippen molar-refractivity contribution < 1.29 is 12.8 Å². The van der Waals surface area contributed by atoms with E-state index < -0.39 is 15.8 Å². The molecule has 23 heavy (non-hydrogen) atoms. The lowest BCUT2D eigenvalue weighted by Crippen LogP contribution is -2.33. The molecular weight excluding hydrogens is 319 g/mol. The Hall–Kier alpha value is -2.40. The summed E-state index contributed by atoms with van der Waals surface area (Å²) in [6.07, 6.45) is 1.33. The summed E-state index contributed by atoms with van der Waals surface area (Å²) in [5, 5.41) is 8.85. The normalized spacial score (nSPS) is 11.2. The maximum absolute atomic E-state index is 13.1. The number of halogens is 1. The molecule has 0 amide bonds. The van der Waals surface area contributed by atoms with Crippen LogP contribution in [0, 0.1) is 24.1 Å². The summed E-state index contributed by atoms with van der Waals surface area (Å²) in [6.45, 7) is 3.99.